The summed E-state index contributed by atoms with van der Waals surface area (Å²) in [6.07, 6.45) is 1.29. The van der Waals surface area contributed by atoms with Crippen LogP contribution in [0.3, 0.4) is 0 Å². The average molecular weight is 265 g/mol. The molecule has 1 aliphatic rings. The van der Waals surface area contributed by atoms with Crippen molar-refractivity contribution in [1.29, 1.82) is 0 Å². The molecule has 1 aromatic rings. The van der Waals surface area contributed by atoms with Crippen LogP contribution in [0.4, 0.5) is 5.69 Å². The topological polar surface area (TPSA) is 86.5 Å². The van der Waals surface area contributed by atoms with E-state index in [4.69, 9.17) is 5.73 Å². The van der Waals surface area contributed by atoms with E-state index in [1.165, 1.54) is 6.08 Å². The Morgan fingerprint density at radius 3 is 2.67 bits per heavy atom. The summed E-state index contributed by atoms with van der Waals surface area (Å²) < 4.78 is 27.9. The first kappa shape index (κ1) is 12.4. The first-order valence-corrected chi connectivity index (χ1v) is 6.61. The molecule has 0 fully saturated rings. The van der Waals surface area contributed by atoms with Crippen molar-refractivity contribution in [2.24, 2.45) is 0 Å². The molecule has 6 heteroatoms. The number of esters is 1. The quantitative estimate of drug-likeness (QED) is 0.639. The Hall–Kier alpha value is -2.08. The van der Waals surface area contributed by atoms with Crippen LogP contribution in [0, 0.1) is 0 Å². The lowest BCUT2D eigenvalue weighted by molar-refractivity contribution is -0.135. The van der Waals surface area contributed by atoms with E-state index in [0.717, 1.165) is 12.5 Å². The minimum atomic E-state index is -3.72. The van der Waals surface area contributed by atoms with Gasteiger partial charge in [-0.05, 0) is 29.3 Å². The Balaban J connectivity index is 2.50. The SMILES string of the molecule is COC(=O)C1=CC(c2cccc(N)c2)=CS1(=O)=O. The summed E-state index contributed by atoms with van der Waals surface area (Å²) in [5, 5.41) is 1.04. The van der Waals surface area contributed by atoms with E-state index in [2.05, 4.69) is 4.74 Å². The smallest absolute Gasteiger partial charge is 0.349 e. The minimum absolute atomic E-state index is 0.359. The summed E-state index contributed by atoms with van der Waals surface area (Å²) >= 11 is 0. The predicted molar refractivity (Wildman–Crippen MR) is 67.9 cm³/mol. The average Bonchev–Trinajstić information content (AvgIpc) is 2.64. The number of nitrogens with two attached hydrogens (primary N) is 1. The zero-order valence-corrected chi connectivity index (χ0v) is 10.4. The number of sulfone groups is 1. The van der Waals surface area contributed by atoms with Crippen LogP contribution in [0.1, 0.15) is 5.56 Å². The van der Waals surface area contributed by atoms with E-state index in [1.54, 1.807) is 24.3 Å². The zero-order valence-electron chi connectivity index (χ0n) is 9.58. The highest BCUT2D eigenvalue weighted by Gasteiger charge is 2.29. The molecule has 1 heterocycles. The van der Waals surface area contributed by atoms with Crippen molar-refractivity contribution in [2.45, 2.75) is 0 Å². The molecule has 94 valence electrons. The highest BCUT2D eigenvalue weighted by molar-refractivity contribution is 7.99. The molecule has 0 amide bonds. The molecule has 0 bridgehead atoms. The summed E-state index contributed by atoms with van der Waals surface area (Å²) in [4.78, 5) is 11.0. The first-order chi connectivity index (χ1) is 8.44. The van der Waals surface area contributed by atoms with E-state index in [-0.39, 0.29) is 4.91 Å². The number of allylic oxidation sites excluding steroid dienone is 2. The number of ether oxygens (including phenoxy) is 1. The summed E-state index contributed by atoms with van der Waals surface area (Å²) in [6, 6.07) is 6.76. The standard InChI is InChI=1S/C12H11NO4S/c1-17-12(14)11-6-9(7-18(11,15)16)8-3-2-4-10(13)5-8/h2-7H,13H2,1H3. The van der Waals surface area contributed by atoms with E-state index in [1.807, 2.05) is 0 Å². The van der Waals surface area contributed by atoms with Crippen LogP contribution < -0.4 is 5.73 Å². The molecule has 0 spiro atoms. The van der Waals surface area contributed by atoms with Crippen molar-refractivity contribution in [3.8, 4) is 0 Å². The number of rotatable bonds is 2. The van der Waals surface area contributed by atoms with Gasteiger partial charge in [0.1, 0.15) is 0 Å². The summed E-state index contributed by atoms with van der Waals surface area (Å²) in [7, 11) is -2.59. The third kappa shape index (κ3) is 2.14. The molecular weight excluding hydrogens is 254 g/mol. The predicted octanol–water partition coefficient (Wildman–Crippen LogP) is 1.09. The fraction of sp³-hybridized carbons (Fsp3) is 0.0833. The maximum absolute atomic E-state index is 11.8. The molecule has 2 N–H and O–H groups in total. The molecule has 0 aliphatic carbocycles. The van der Waals surface area contributed by atoms with Gasteiger partial charge in [-0.3, -0.25) is 0 Å². The van der Waals surface area contributed by atoms with Gasteiger partial charge in [0.25, 0.3) is 0 Å². The number of carbonyl (C=O) groups excluding carboxylic acids is 1. The molecule has 1 aliphatic heterocycles. The van der Waals surface area contributed by atoms with Gasteiger partial charge in [-0.1, -0.05) is 12.1 Å². The molecule has 1 aromatic carbocycles. The van der Waals surface area contributed by atoms with Crippen LogP contribution in [0.25, 0.3) is 5.57 Å². The maximum atomic E-state index is 11.8. The molecule has 0 unspecified atom stereocenters. The van der Waals surface area contributed by atoms with Gasteiger partial charge in [-0.15, -0.1) is 0 Å². The zero-order chi connectivity index (χ0) is 13.3. The number of hydrogen-bond donors (Lipinski definition) is 1. The fourth-order valence-electron chi connectivity index (χ4n) is 1.63. The Labute approximate surface area is 104 Å². The Morgan fingerprint density at radius 2 is 2.06 bits per heavy atom. The Kier molecular flexibility index (Phi) is 2.96. The van der Waals surface area contributed by atoms with Crippen LogP contribution in [-0.4, -0.2) is 21.5 Å². The normalized spacial score (nSPS) is 16.9. The lowest BCUT2D eigenvalue weighted by atomic mass is 10.1. The lowest BCUT2D eigenvalue weighted by Crippen LogP contribution is -2.10. The lowest BCUT2D eigenvalue weighted by Gasteiger charge is -1.99. The van der Waals surface area contributed by atoms with Crippen LogP contribution in [0.15, 0.2) is 40.7 Å². The molecule has 0 radical (unpaired) electrons. The Bertz CT molecular complexity index is 671. The monoisotopic (exact) mass is 265 g/mol. The summed E-state index contributed by atoms with van der Waals surface area (Å²) in [6.45, 7) is 0. The number of nitrogen functional groups attached to an aromatic ring is 1. The van der Waals surface area contributed by atoms with Crippen molar-refractivity contribution < 1.29 is 17.9 Å². The minimum Gasteiger partial charge on any atom is -0.465 e. The van der Waals surface area contributed by atoms with Crippen LogP contribution >= 0.6 is 0 Å². The van der Waals surface area contributed by atoms with Crippen LogP contribution in [-0.2, 0) is 19.4 Å². The van der Waals surface area contributed by atoms with Crippen molar-refractivity contribution in [2.75, 3.05) is 12.8 Å². The van der Waals surface area contributed by atoms with Crippen molar-refractivity contribution in [3.05, 3.63) is 46.2 Å². The van der Waals surface area contributed by atoms with Gasteiger partial charge in [-0.2, -0.15) is 0 Å². The van der Waals surface area contributed by atoms with Crippen LogP contribution in [0.5, 0.6) is 0 Å². The third-order valence-corrected chi connectivity index (χ3v) is 3.94. The first-order valence-electron chi connectivity index (χ1n) is 5.07. The third-order valence-electron chi connectivity index (χ3n) is 2.48. The molecule has 2 rings (SSSR count). The second-order valence-corrected chi connectivity index (χ2v) is 5.51. The molecule has 0 saturated heterocycles. The molecule has 0 saturated carbocycles. The number of anilines is 1. The Morgan fingerprint density at radius 1 is 1.33 bits per heavy atom. The van der Waals surface area contributed by atoms with Crippen molar-refractivity contribution in [3.63, 3.8) is 0 Å². The molecule has 5 nitrogen and oxygen atoms in total. The highest BCUT2D eigenvalue weighted by atomic mass is 32.2. The van der Waals surface area contributed by atoms with E-state index in [0.29, 0.717) is 16.8 Å². The molecule has 0 atom stereocenters. The molecule has 18 heavy (non-hydrogen) atoms. The second-order valence-electron chi connectivity index (χ2n) is 3.74. The van der Waals surface area contributed by atoms with E-state index in [9.17, 15) is 13.2 Å². The van der Waals surface area contributed by atoms with Gasteiger partial charge in [0.2, 0.25) is 9.84 Å². The van der Waals surface area contributed by atoms with Crippen molar-refractivity contribution >= 4 is 27.1 Å². The van der Waals surface area contributed by atoms with Gasteiger partial charge in [0, 0.05) is 11.1 Å². The van der Waals surface area contributed by atoms with Crippen LogP contribution in [0.2, 0.25) is 0 Å². The second kappa shape index (κ2) is 4.30. The number of carbonyl (C=O) groups is 1. The van der Waals surface area contributed by atoms with Crippen molar-refractivity contribution in [1.82, 2.24) is 0 Å². The van der Waals surface area contributed by atoms with Gasteiger partial charge in [0.05, 0.1) is 7.11 Å². The number of benzene rings is 1. The summed E-state index contributed by atoms with van der Waals surface area (Å²) in [5.41, 5.74) is 7.20. The molecular formula is C12H11NO4S. The van der Waals surface area contributed by atoms with E-state index >= 15 is 0 Å². The van der Waals surface area contributed by atoms with Gasteiger partial charge in [0.15, 0.2) is 4.91 Å². The van der Waals surface area contributed by atoms with Gasteiger partial charge in [-0.25, -0.2) is 13.2 Å². The maximum Gasteiger partial charge on any atom is 0.349 e. The number of hydrogen-bond acceptors (Lipinski definition) is 5. The van der Waals surface area contributed by atoms with Gasteiger partial charge < -0.3 is 10.5 Å². The fourth-order valence-corrected chi connectivity index (χ4v) is 2.91. The summed E-state index contributed by atoms with van der Waals surface area (Å²) in [5.74, 6) is -0.870. The van der Waals surface area contributed by atoms with Gasteiger partial charge >= 0.3 is 5.97 Å². The molecule has 0 aromatic heterocycles. The highest BCUT2D eigenvalue weighted by Crippen LogP contribution is 2.30. The number of methoxy groups -OCH3 is 1. The largest absolute Gasteiger partial charge is 0.465 e. The van der Waals surface area contributed by atoms with E-state index < -0.39 is 15.8 Å².